The van der Waals surface area contributed by atoms with Crippen LogP contribution in [0.3, 0.4) is 0 Å². The number of anilines is 4. The van der Waals surface area contributed by atoms with Gasteiger partial charge in [-0.3, -0.25) is 19.5 Å². The molecule has 12 nitrogen and oxygen atoms in total. The largest absolute Gasteiger partial charge is 0.363 e. The zero-order valence-corrected chi connectivity index (χ0v) is 21.2. The van der Waals surface area contributed by atoms with Crippen LogP contribution in [0.15, 0.2) is 24.5 Å². The maximum absolute atomic E-state index is 12.7. The highest BCUT2D eigenvalue weighted by molar-refractivity contribution is 5.94. The summed E-state index contributed by atoms with van der Waals surface area (Å²) in [6, 6.07) is 3.78. The Hall–Kier alpha value is -3.77. The summed E-state index contributed by atoms with van der Waals surface area (Å²) in [4.78, 5) is 28.7. The van der Waals surface area contributed by atoms with E-state index < -0.39 is 0 Å². The lowest BCUT2D eigenvalue weighted by Gasteiger charge is -2.19. The second-order valence-electron chi connectivity index (χ2n) is 9.32. The van der Waals surface area contributed by atoms with Crippen LogP contribution in [0, 0.1) is 13.8 Å². The third-order valence-electron chi connectivity index (χ3n) is 6.55. The topological polar surface area (TPSA) is 128 Å². The number of carbonyl (C=O) groups is 1. The summed E-state index contributed by atoms with van der Waals surface area (Å²) in [6.45, 7) is 7.59. The maximum Gasteiger partial charge on any atom is 0.252 e. The lowest BCUT2D eigenvalue weighted by atomic mass is 10.2. The molecule has 0 aliphatic carbocycles. The molecule has 190 valence electrons. The molecule has 1 unspecified atom stereocenters. The first kappa shape index (κ1) is 23.9. The van der Waals surface area contributed by atoms with Gasteiger partial charge in [0.1, 0.15) is 12.0 Å². The van der Waals surface area contributed by atoms with Gasteiger partial charge in [-0.15, -0.1) is 0 Å². The Morgan fingerprint density at radius 2 is 1.94 bits per heavy atom. The smallest absolute Gasteiger partial charge is 0.252 e. The van der Waals surface area contributed by atoms with Crippen molar-refractivity contribution in [3.63, 3.8) is 0 Å². The average molecular weight is 492 g/mol. The van der Waals surface area contributed by atoms with Gasteiger partial charge in [-0.25, -0.2) is 10.4 Å². The normalized spacial score (nSPS) is 17.3. The molecule has 12 heteroatoms. The van der Waals surface area contributed by atoms with Gasteiger partial charge in [0.2, 0.25) is 5.95 Å². The molecule has 1 saturated heterocycles. The van der Waals surface area contributed by atoms with E-state index >= 15 is 0 Å². The second kappa shape index (κ2) is 10.1. The van der Waals surface area contributed by atoms with Gasteiger partial charge >= 0.3 is 0 Å². The number of carbonyl (C=O) groups excluding carboxylic acids is 1. The molecule has 0 aromatic carbocycles. The maximum atomic E-state index is 12.7. The third kappa shape index (κ3) is 5.09. The zero-order valence-electron chi connectivity index (χ0n) is 21.2. The number of aromatic nitrogens is 5. The van der Waals surface area contributed by atoms with E-state index in [4.69, 9.17) is 0 Å². The van der Waals surface area contributed by atoms with Gasteiger partial charge in [0, 0.05) is 45.6 Å². The van der Waals surface area contributed by atoms with Crippen LogP contribution in [0.2, 0.25) is 0 Å². The van der Waals surface area contributed by atoms with Crippen molar-refractivity contribution in [1.29, 1.82) is 0 Å². The molecule has 1 fully saturated rings. The van der Waals surface area contributed by atoms with E-state index in [1.54, 1.807) is 17.1 Å². The number of likely N-dealkylation sites (tertiary alicyclic amines) is 1. The Morgan fingerprint density at radius 1 is 1.14 bits per heavy atom. The number of rotatable bonds is 8. The molecule has 36 heavy (non-hydrogen) atoms. The summed E-state index contributed by atoms with van der Waals surface area (Å²) in [5, 5.41) is 15.9. The number of fused-ring (bicyclic) bond motifs is 1. The van der Waals surface area contributed by atoms with Crippen molar-refractivity contribution in [2.75, 3.05) is 48.9 Å². The fraction of sp³-hybridized carbons (Fsp3) is 0.458. The highest BCUT2D eigenvalue weighted by atomic mass is 16.1. The molecular weight excluding hydrogens is 458 g/mol. The minimum absolute atomic E-state index is 0.119. The predicted molar refractivity (Wildman–Crippen MR) is 138 cm³/mol. The Balaban J connectivity index is 1.26. The molecule has 3 aromatic rings. The quantitative estimate of drug-likeness (QED) is 0.371. The molecule has 0 saturated carbocycles. The van der Waals surface area contributed by atoms with Gasteiger partial charge < -0.3 is 20.9 Å². The molecule has 5 rings (SSSR count). The molecule has 2 aliphatic rings. The van der Waals surface area contributed by atoms with Gasteiger partial charge in [-0.1, -0.05) is 0 Å². The molecule has 0 spiro atoms. The monoisotopic (exact) mass is 491 g/mol. The van der Waals surface area contributed by atoms with Crippen LogP contribution in [0.1, 0.15) is 46.3 Å². The first-order chi connectivity index (χ1) is 17.4. The number of amides is 1. The third-order valence-corrected chi connectivity index (χ3v) is 6.55. The molecular formula is C24H33N11O. The van der Waals surface area contributed by atoms with E-state index in [0.29, 0.717) is 18.1 Å². The number of hydrogen-bond acceptors (Lipinski definition) is 10. The first-order valence-electron chi connectivity index (χ1n) is 12.3. The fourth-order valence-electron chi connectivity index (χ4n) is 4.59. The molecule has 0 bridgehead atoms. The van der Waals surface area contributed by atoms with Crippen LogP contribution in [0.5, 0.6) is 0 Å². The van der Waals surface area contributed by atoms with Gasteiger partial charge in [0.05, 0.1) is 28.2 Å². The van der Waals surface area contributed by atoms with Gasteiger partial charge in [-0.05, 0) is 45.8 Å². The van der Waals surface area contributed by atoms with E-state index in [0.717, 1.165) is 53.9 Å². The van der Waals surface area contributed by atoms with Crippen molar-refractivity contribution in [3.05, 3.63) is 47.0 Å². The number of pyridine rings is 1. The molecule has 3 aromatic heterocycles. The highest BCUT2D eigenvalue weighted by Crippen LogP contribution is 2.32. The molecule has 1 amide bonds. The van der Waals surface area contributed by atoms with Crippen LogP contribution in [-0.4, -0.2) is 68.8 Å². The zero-order chi connectivity index (χ0) is 25.2. The van der Waals surface area contributed by atoms with Gasteiger partial charge in [0.15, 0.2) is 5.82 Å². The van der Waals surface area contributed by atoms with Crippen molar-refractivity contribution in [1.82, 2.24) is 40.4 Å². The Labute approximate surface area is 210 Å². The highest BCUT2D eigenvalue weighted by Gasteiger charge is 2.29. The van der Waals surface area contributed by atoms with Gasteiger partial charge in [-0.2, -0.15) is 10.1 Å². The van der Waals surface area contributed by atoms with E-state index in [1.807, 2.05) is 45.1 Å². The first-order valence-corrected chi connectivity index (χ1v) is 12.3. The van der Waals surface area contributed by atoms with Crippen LogP contribution >= 0.6 is 0 Å². The van der Waals surface area contributed by atoms with Crippen molar-refractivity contribution >= 4 is 29.2 Å². The summed E-state index contributed by atoms with van der Waals surface area (Å²) in [5.74, 6) is 1.93. The Morgan fingerprint density at radius 3 is 2.69 bits per heavy atom. The number of hydrogen-bond donors (Lipinski definition) is 4. The number of nitrogens with zero attached hydrogens (tertiary/aromatic N) is 7. The lowest BCUT2D eigenvalue weighted by molar-refractivity contribution is 0.0949. The average Bonchev–Trinajstić information content (AvgIpc) is 3.55. The van der Waals surface area contributed by atoms with Crippen LogP contribution < -0.4 is 26.4 Å². The van der Waals surface area contributed by atoms with Crippen molar-refractivity contribution in [3.8, 4) is 0 Å². The Bertz CT molecular complexity index is 1250. The van der Waals surface area contributed by atoms with Crippen molar-refractivity contribution in [2.24, 2.45) is 7.05 Å². The van der Waals surface area contributed by atoms with Crippen LogP contribution in [0.25, 0.3) is 0 Å². The van der Waals surface area contributed by atoms with E-state index in [9.17, 15) is 4.79 Å². The summed E-state index contributed by atoms with van der Waals surface area (Å²) >= 11 is 0. The predicted octanol–water partition coefficient (Wildman–Crippen LogP) is 1.86. The van der Waals surface area contributed by atoms with Gasteiger partial charge in [0.25, 0.3) is 5.91 Å². The summed E-state index contributed by atoms with van der Waals surface area (Å²) in [5.41, 5.74) is 7.26. The number of aryl methyl sites for hydroxylation is 3. The van der Waals surface area contributed by atoms with E-state index in [-0.39, 0.29) is 12.1 Å². The van der Waals surface area contributed by atoms with E-state index in [1.165, 1.54) is 12.8 Å². The molecule has 2 aliphatic heterocycles. The molecule has 1 atom stereocenters. The van der Waals surface area contributed by atoms with Crippen molar-refractivity contribution < 1.29 is 4.79 Å². The Kier molecular flexibility index (Phi) is 6.70. The van der Waals surface area contributed by atoms with Crippen LogP contribution in [0.4, 0.5) is 23.3 Å². The molecule has 5 heterocycles. The fourth-order valence-corrected chi connectivity index (χ4v) is 4.59. The summed E-state index contributed by atoms with van der Waals surface area (Å²) in [6.07, 6.45) is 5.62. The standard InChI is InChI=1S/C24H33N11O/c1-15-11-20(33(3)31-15)29-24-27-14-18-21(32-34(4)22(18)30-24)28-19-12-17(13-26-16(19)2)23(36)25-7-10-35-8-5-6-9-35/h11-14,21,28,32H,5-10H2,1-4H3,(H,25,36)(H,27,29,30). The minimum atomic E-state index is -0.271. The molecule has 4 N–H and O–H groups in total. The SMILES string of the molecule is Cc1cc(Nc2ncc3c(n2)N(C)NC3Nc2cc(C(=O)NCCN3CCCC3)cnc2C)n(C)n1. The van der Waals surface area contributed by atoms with Crippen molar-refractivity contribution in [2.45, 2.75) is 32.9 Å². The summed E-state index contributed by atoms with van der Waals surface area (Å²) in [7, 11) is 3.77. The van der Waals surface area contributed by atoms with E-state index in [2.05, 4.69) is 46.3 Å². The molecule has 0 radical (unpaired) electrons. The summed E-state index contributed by atoms with van der Waals surface area (Å²) < 4.78 is 1.75. The number of hydrazine groups is 1. The van der Waals surface area contributed by atoms with Crippen LogP contribution in [-0.2, 0) is 7.05 Å². The second-order valence-corrected chi connectivity index (χ2v) is 9.32. The minimum Gasteiger partial charge on any atom is -0.363 e. The lowest BCUT2D eigenvalue weighted by Crippen LogP contribution is -2.34. The number of nitrogens with one attached hydrogen (secondary N) is 4.